The number of aliphatic hydroxyl groups is 1. The molecule has 2 rings (SSSR count). The molecule has 1 aliphatic rings. The Balaban J connectivity index is 2.47. The number of aldehydes is 1. The third-order valence-corrected chi connectivity index (χ3v) is 6.82. The molecule has 37 heavy (non-hydrogen) atoms. The maximum Gasteiger partial charge on any atom is 0.405 e. The van der Waals surface area contributed by atoms with Crippen LogP contribution in [-0.2, 0) is 25.5 Å². The molecule has 1 aromatic rings. The van der Waals surface area contributed by atoms with Gasteiger partial charge in [0.1, 0.15) is 18.2 Å². The first-order valence-corrected chi connectivity index (χ1v) is 12.5. The van der Waals surface area contributed by atoms with Crippen LogP contribution in [0.5, 0.6) is 0 Å². The highest BCUT2D eigenvalue weighted by atomic mass is 19.1. The molecule has 6 atom stereocenters. The molecule has 0 aromatic heterocycles. The molecule has 1 heterocycles. The number of anilines is 1. The average molecular weight is 519 g/mol. The number of benzene rings is 1. The monoisotopic (exact) mass is 518 g/mol. The number of ether oxygens (including phenoxy) is 2. The number of rotatable bonds is 3. The van der Waals surface area contributed by atoms with Crippen LogP contribution in [0, 0.1) is 23.6 Å². The van der Waals surface area contributed by atoms with Gasteiger partial charge in [-0.15, -0.1) is 0 Å². The Morgan fingerprint density at radius 1 is 1.27 bits per heavy atom. The lowest BCUT2D eigenvalue weighted by Gasteiger charge is -2.29. The minimum Gasteiger partial charge on any atom is -0.441 e. The van der Waals surface area contributed by atoms with Gasteiger partial charge >= 0.3 is 6.09 Å². The number of amides is 2. The Kier molecular flexibility index (Phi) is 11.5. The fraction of sp³-hybridized carbons (Fsp3) is 0.536. The van der Waals surface area contributed by atoms with Crippen molar-refractivity contribution in [2.24, 2.45) is 23.5 Å². The molecule has 1 aromatic carbocycles. The van der Waals surface area contributed by atoms with Gasteiger partial charge in [0.15, 0.2) is 0 Å². The van der Waals surface area contributed by atoms with E-state index in [-0.39, 0.29) is 17.6 Å². The highest BCUT2D eigenvalue weighted by molar-refractivity contribution is 6.03. The molecule has 0 saturated carbocycles. The van der Waals surface area contributed by atoms with Crippen molar-refractivity contribution in [1.29, 1.82) is 0 Å². The molecule has 1 aliphatic heterocycles. The van der Waals surface area contributed by atoms with Crippen molar-refractivity contribution < 1.29 is 33.4 Å². The molecular formula is C28H39FN2O6. The molecule has 0 fully saturated rings. The Labute approximate surface area is 218 Å². The summed E-state index contributed by atoms with van der Waals surface area (Å²) >= 11 is 0. The fourth-order valence-corrected chi connectivity index (χ4v) is 4.73. The lowest BCUT2D eigenvalue weighted by molar-refractivity contribution is -0.114. The van der Waals surface area contributed by atoms with Gasteiger partial charge in [0, 0.05) is 24.3 Å². The lowest BCUT2D eigenvalue weighted by atomic mass is 9.87. The van der Waals surface area contributed by atoms with Crippen LogP contribution < -0.4 is 11.1 Å². The van der Waals surface area contributed by atoms with Crippen LogP contribution in [0.2, 0.25) is 0 Å². The normalized spacial score (nSPS) is 31.3. The van der Waals surface area contributed by atoms with Crippen molar-refractivity contribution in [1.82, 2.24) is 0 Å². The van der Waals surface area contributed by atoms with E-state index in [0.29, 0.717) is 54.4 Å². The number of hydrogen-bond acceptors (Lipinski definition) is 6. The molecule has 204 valence electrons. The van der Waals surface area contributed by atoms with Crippen LogP contribution in [0.1, 0.15) is 52.5 Å². The molecule has 2 amide bonds. The molecule has 0 aliphatic carbocycles. The summed E-state index contributed by atoms with van der Waals surface area (Å²) in [6.45, 7) is 7.11. The summed E-state index contributed by atoms with van der Waals surface area (Å²) in [5, 5.41) is 13.8. The summed E-state index contributed by atoms with van der Waals surface area (Å²) in [6, 6.07) is 4.45. The van der Waals surface area contributed by atoms with E-state index in [2.05, 4.69) is 5.32 Å². The van der Waals surface area contributed by atoms with Crippen molar-refractivity contribution in [3.05, 3.63) is 52.9 Å². The lowest BCUT2D eigenvalue weighted by Crippen LogP contribution is -2.36. The van der Waals surface area contributed by atoms with E-state index in [1.807, 2.05) is 6.92 Å². The number of carbonyl (C=O) groups excluding carboxylic acids is 3. The zero-order valence-electron chi connectivity index (χ0n) is 22.2. The smallest absolute Gasteiger partial charge is 0.405 e. The second-order valence-electron chi connectivity index (χ2n) is 9.96. The van der Waals surface area contributed by atoms with E-state index in [9.17, 15) is 23.9 Å². The predicted molar refractivity (Wildman–Crippen MR) is 139 cm³/mol. The Morgan fingerprint density at radius 2 is 1.97 bits per heavy atom. The van der Waals surface area contributed by atoms with Gasteiger partial charge in [-0.2, -0.15) is 0 Å². The molecule has 4 N–H and O–H groups in total. The second kappa shape index (κ2) is 14.0. The molecule has 0 spiro atoms. The van der Waals surface area contributed by atoms with Crippen LogP contribution in [0.15, 0.2) is 41.5 Å². The van der Waals surface area contributed by atoms with Crippen molar-refractivity contribution in [2.75, 3.05) is 12.4 Å². The number of nitrogens with two attached hydrogens (primary N) is 1. The van der Waals surface area contributed by atoms with Gasteiger partial charge in [0.2, 0.25) is 0 Å². The molecular weight excluding hydrogens is 479 g/mol. The number of primary amides is 1. The number of aliphatic hydroxyl groups excluding tert-OH is 1. The van der Waals surface area contributed by atoms with Crippen molar-refractivity contribution in [3.63, 3.8) is 0 Å². The fourth-order valence-electron chi connectivity index (χ4n) is 4.73. The van der Waals surface area contributed by atoms with Crippen LogP contribution in [-0.4, -0.2) is 48.8 Å². The number of allylic oxidation sites excluding steroid dienone is 1. The second-order valence-corrected chi connectivity index (χ2v) is 9.96. The van der Waals surface area contributed by atoms with Crippen molar-refractivity contribution in [3.8, 4) is 0 Å². The van der Waals surface area contributed by atoms with Crippen molar-refractivity contribution in [2.45, 2.75) is 71.7 Å². The number of hydrogen-bond donors (Lipinski definition) is 3. The molecule has 2 bridgehead atoms. The SMILES string of the molecule is CO[C@H]1C[C@H](C)Cc2cc(ccc2F)NC(=O)/C(C)=C/CC[C@H](C=O)[C@@H](OC(N)=O)/C(C)=C/[C@H](C)[C@H]1O. The molecule has 8 nitrogen and oxygen atoms in total. The third kappa shape index (κ3) is 8.79. The van der Waals surface area contributed by atoms with Gasteiger partial charge in [-0.25, -0.2) is 9.18 Å². The summed E-state index contributed by atoms with van der Waals surface area (Å²) in [6.07, 6.45) is 2.26. The van der Waals surface area contributed by atoms with Gasteiger partial charge in [-0.05, 0) is 74.8 Å². The maximum absolute atomic E-state index is 14.6. The number of carbonyl (C=O) groups is 3. The predicted octanol–water partition coefficient (Wildman–Crippen LogP) is 4.31. The Bertz CT molecular complexity index is 1020. The number of methoxy groups -OCH3 is 1. The Morgan fingerprint density at radius 3 is 2.59 bits per heavy atom. The quantitative estimate of drug-likeness (QED) is 0.404. The van der Waals surface area contributed by atoms with Gasteiger partial charge in [-0.3, -0.25) is 4.79 Å². The zero-order chi connectivity index (χ0) is 27.7. The third-order valence-electron chi connectivity index (χ3n) is 6.82. The largest absolute Gasteiger partial charge is 0.441 e. The van der Waals surface area contributed by atoms with E-state index in [4.69, 9.17) is 15.2 Å². The van der Waals surface area contributed by atoms with E-state index < -0.39 is 36.2 Å². The summed E-state index contributed by atoms with van der Waals surface area (Å²) in [7, 11) is 1.51. The minimum atomic E-state index is -1.01. The molecule has 0 unspecified atom stereocenters. The molecule has 9 heteroatoms. The topological polar surface area (TPSA) is 128 Å². The first-order valence-electron chi connectivity index (χ1n) is 12.5. The van der Waals surface area contributed by atoms with Crippen LogP contribution in [0.3, 0.4) is 0 Å². The van der Waals surface area contributed by atoms with Gasteiger partial charge in [0.25, 0.3) is 5.91 Å². The average Bonchev–Trinajstić information content (AvgIpc) is 2.84. The first kappa shape index (κ1) is 30.2. The standard InChI is InChI=1S/C28H39FN2O6/c1-16-11-21-14-22(9-10-23(21)29)31-27(34)17(2)7-6-8-20(15-32)26(37-28(30)35)19(4)13-18(3)25(33)24(12-16)36-5/h7,9-10,13-16,18,20,24-26,33H,6,8,11-12H2,1-5H3,(H2,30,35)(H,31,34)/b17-7+,19-13+/t16-,18+,20-,24+,25-,26+/m1/s1. The van der Waals surface area contributed by atoms with Crippen LogP contribution >= 0.6 is 0 Å². The highest BCUT2D eigenvalue weighted by Gasteiger charge is 2.30. The maximum atomic E-state index is 14.6. The Hall–Kier alpha value is -3.04. The van der Waals surface area contributed by atoms with E-state index in [1.54, 1.807) is 39.0 Å². The van der Waals surface area contributed by atoms with Gasteiger partial charge in [0.05, 0.1) is 18.1 Å². The minimum absolute atomic E-state index is 0.0496. The van der Waals surface area contributed by atoms with Gasteiger partial charge < -0.3 is 30.4 Å². The number of nitrogens with one attached hydrogen (secondary N) is 1. The van der Waals surface area contributed by atoms with E-state index in [1.165, 1.54) is 19.2 Å². The van der Waals surface area contributed by atoms with E-state index in [0.717, 1.165) is 0 Å². The van der Waals surface area contributed by atoms with Crippen LogP contribution in [0.4, 0.5) is 14.9 Å². The zero-order valence-corrected chi connectivity index (χ0v) is 22.2. The summed E-state index contributed by atoms with van der Waals surface area (Å²) in [5.41, 5.74) is 7.21. The molecule has 0 saturated heterocycles. The number of fused-ring (bicyclic) bond motifs is 2. The van der Waals surface area contributed by atoms with Gasteiger partial charge in [-0.1, -0.05) is 26.0 Å². The van der Waals surface area contributed by atoms with E-state index >= 15 is 0 Å². The van der Waals surface area contributed by atoms with Crippen LogP contribution in [0.25, 0.3) is 0 Å². The summed E-state index contributed by atoms with van der Waals surface area (Å²) < 4.78 is 25.4. The van der Waals surface area contributed by atoms with Crippen molar-refractivity contribution >= 4 is 24.0 Å². The number of halogens is 1. The highest BCUT2D eigenvalue weighted by Crippen LogP contribution is 2.27. The summed E-state index contributed by atoms with van der Waals surface area (Å²) in [5.74, 6) is -1.88. The summed E-state index contributed by atoms with van der Waals surface area (Å²) in [4.78, 5) is 36.3. The first-order chi connectivity index (χ1) is 17.5. The molecule has 0 radical (unpaired) electrons.